The van der Waals surface area contributed by atoms with Crippen molar-refractivity contribution in [1.82, 2.24) is 9.88 Å². The molecule has 0 aliphatic carbocycles. The van der Waals surface area contributed by atoms with Gasteiger partial charge < -0.3 is 4.90 Å². The van der Waals surface area contributed by atoms with Crippen LogP contribution in [-0.4, -0.2) is 28.9 Å². The number of thiophene rings is 1. The molecule has 0 saturated carbocycles. The van der Waals surface area contributed by atoms with Crippen LogP contribution in [0.5, 0.6) is 0 Å². The first-order valence-corrected chi connectivity index (χ1v) is 12.1. The number of carbonyl (C=O) groups is 1. The molecule has 3 nitrogen and oxygen atoms in total. The number of rotatable bonds is 3. The first-order chi connectivity index (χ1) is 13.0. The molecule has 0 radical (unpaired) electrons. The van der Waals surface area contributed by atoms with Crippen LogP contribution < -0.4 is 0 Å². The summed E-state index contributed by atoms with van der Waals surface area (Å²) in [5.41, 5.74) is 2.25. The van der Waals surface area contributed by atoms with Gasteiger partial charge >= 0.3 is 0 Å². The summed E-state index contributed by atoms with van der Waals surface area (Å²) < 4.78 is 1.98. The van der Waals surface area contributed by atoms with E-state index >= 15 is 0 Å². The number of halogens is 2. The van der Waals surface area contributed by atoms with E-state index in [2.05, 4.69) is 63.0 Å². The van der Waals surface area contributed by atoms with Gasteiger partial charge in [-0.15, -0.1) is 22.7 Å². The molecule has 1 aliphatic heterocycles. The zero-order valence-electron chi connectivity index (χ0n) is 14.7. The van der Waals surface area contributed by atoms with Crippen LogP contribution in [0.15, 0.2) is 44.7 Å². The van der Waals surface area contributed by atoms with Crippen LogP contribution in [-0.2, 0) is 0 Å². The van der Waals surface area contributed by atoms with Gasteiger partial charge in [-0.3, -0.25) is 4.79 Å². The van der Waals surface area contributed by atoms with Crippen LogP contribution in [0.1, 0.15) is 38.3 Å². The average Bonchev–Trinajstić information content (AvgIpc) is 3.28. The van der Waals surface area contributed by atoms with Gasteiger partial charge in [-0.25, -0.2) is 4.98 Å². The average molecular weight is 526 g/mol. The highest BCUT2D eigenvalue weighted by molar-refractivity contribution is 9.10. The van der Waals surface area contributed by atoms with Crippen molar-refractivity contribution in [2.24, 2.45) is 0 Å². The van der Waals surface area contributed by atoms with E-state index in [0.29, 0.717) is 5.92 Å². The molecule has 1 aromatic carbocycles. The summed E-state index contributed by atoms with van der Waals surface area (Å²) in [4.78, 5) is 21.7. The number of hydrogen-bond acceptors (Lipinski definition) is 4. The predicted octanol–water partition coefficient (Wildman–Crippen LogP) is 6.72. The molecule has 1 amide bonds. The highest BCUT2D eigenvalue weighted by Crippen LogP contribution is 2.36. The van der Waals surface area contributed by atoms with Crippen molar-refractivity contribution in [1.29, 1.82) is 0 Å². The van der Waals surface area contributed by atoms with Crippen molar-refractivity contribution in [3.63, 3.8) is 0 Å². The highest BCUT2D eigenvalue weighted by atomic mass is 79.9. The molecular weight excluding hydrogens is 508 g/mol. The van der Waals surface area contributed by atoms with E-state index in [4.69, 9.17) is 4.98 Å². The number of piperidine rings is 1. The third-order valence-electron chi connectivity index (χ3n) is 4.87. The Morgan fingerprint density at radius 2 is 1.85 bits per heavy atom. The molecule has 7 heteroatoms. The molecule has 1 saturated heterocycles. The number of thiazole rings is 1. The van der Waals surface area contributed by atoms with Crippen LogP contribution in [0.25, 0.3) is 11.3 Å². The molecule has 0 unspecified atom stereocenters. The lowest BCUT2D eigenvalue weighted by Gasteiger charge is -2.31. The number of aryl methyl sites for hydroxylation is 1. The second-order valence-corrected chi connectivity index (χ2v) is 10.5. The summed E-state index contributed by atoms with van der Waals surface area (Å²) in [7, 11) is 0. The normalized spacial score (nSPS) is 15.3. The van der Waals surface area contributed by atoms with E-state index in [-0.39, 0.29) is 5.91 Å². The molecule has 3 aromatic rings. The van der Waals surface area contributed by atoms with Gasteiger partial charge in [0.25, 0.3) is 5.91 Å². The summed E-state index contributed by atoms with van der Waals surface area (Å²) in [6, 6.07) is 10.3. The Morgan fingerprint density at radius 3 is 2.48 bits per heavy atom. The molecule has 0 bridgehead atoms. The van der Waals surface area contributed by atoms with Crippen LogP contribution in [0.4, 0.5) is 0 Å². The standard InChI is InChI=1S/C20H18Br2N2OS2/c1-12-17(13-2-4-15(21)5-3-13)23-19(27-12)14-6-9-24(10-7-14)20(25)18-16(22)8-11-26-18/h2-5,8,11,14H,6-7,9-10H2,1H3. The topological polar surface area (TPSA) is 33.2 Å². The van der Waals surface area contributed by atoms with Crippen LogP contribution in [0.3, 0.4) is 0 Å². The molecule has 0 N–H and O–H groups in total. The van der Waals surface area contributed by atoms with Gasteiger partial charge in [0.1, 0.15) is 4.88 Å². The van der Waals surface area contributed by atoms with Crippen LogP contribution in [0, 0.1) is 6.92 Å². The number of amides is 1. The van der Waals surface area contributed by atoms with E-state index in [0.717, 1.165) is 51.0 Å². The number of benzene rings is 1. The Balaban J connectivity index is 1.46. The summed E-state index contributed by atoms with van der Waals surface area (Å²) in [6.45, 7) is 3.73. The predicted molar refractivity (Wildman–Crippen MR) is 120 cm³/mol. The van der Waals surface area contributed by atoms with Crippen molar-refractivity contribution >= 4 is 60.4 Å². The molecule has 140 valence electrons. The third-order valence-corrected chi connectivity index (χ3v) is 8.36. The van der Waals surface area contributed by atoms with Crippen molar-refractivity contribution < 1.29 is 4.79 Å². The van der Waals surface area contributed by atoms with Crippen molar-refractivity contribution in [2.75, 3.05) is 13.1 Å². The lowest BCUT2D eigenvalue weighted by atomic mass is 9.97. The minimum atomic E-state index is 0.140. The summed E-state index contributed by atoms with van der Waals surface area (Å²) in [5, 5.41) is 3.15. The highest BCUT2D eigenvalue weighted by Gasteiger charge is 2.28. The Morgan fingerprint density at radius 1 is 1.15 bits per heavy atom. The molecule has 0 spiro atoms. The number of nitrogens with zero attached hydrogens (tertiary/aromatic N) is 2. The lowest BCUT2D eigenvalue weighted by molar-refractivity contribution is 0.0717. The molecule has 27 heavy (non-hydrogen) atoms. The van der Waals surface area contributed by atoms with E-state index in [9.17, 15) is 4.79 Å². The molecule has 1 aliphatic rings. The maximum absolute atomic E-state index is 12.7. The number of aromatic nitrogens is 1. The van der Waals surface area contributed by atoms with Crippen molar-refractivity contribution in [2.45, 2.75) is 25.7 Å². The zero-order chi connectivity index (χ0) is 19.0. The number of carbonyl (C=O) groups excluding carboxylic acids is 1. The van der Waals surface area contributed by atoms with Gasteiger partial charge in [0, 0.05) is 38.4 Å². The SMILES string of the molecule is Cc1sc(C2CCN(C(=O)c3sccc3Br)CC2)nc1-c1ccc(Br)cc1. The summed E-state index contributed by atoms with van der Waals surface area (Å²) in [5.74, 6) is 0.579. The molecule has 1 fully saturated rings. The smallest absolute Gasteiger partial charge is 0.265 e. The van der Waals surface area contributed by atoms with Gasteiger partial charge in [0.2, 0.25) is 0 Å². The fraction of sp³-hybridized carbons (Fsp3) is 0.300. The maximum Gasteiger partial charge on any atom is 0.265 e. The molecular formula is C20H18Br2N2OS2. The van der Waals surface area contributed by atoms with Crippen LogP contribution in [0.2, 0.25) is 0 Å². The third kappa shape index (κ3) is 4.06. The second-order valence-electron chi connectivity index (χ2n) is 6.63. The Kier molecular flexibility index (Phi) is 5.83. The number of likely N-dealkylation sites (tertiary alicyclic amines) is 1. The van der Waals surface area contributed by atoms with Gasteiger partial charge in [-0.1, -0.05) is 28.1 Å². The van der Waals surface area contributed by atoms with Crippen molar-refractivity contribution in [3.05, 3.63) is 59.4 Å². The molecule has 4 rings (SSSR count). The van der Waals surface area contributed by atoms with E-state index in [1.54, 1.807) is 11.3 Å². The molecule has 0 atom stereocenters. The van der Waals surface area contributed by atoms with Gasteiger partial charge in [0.05, 0.1) is 10.7 Å². The monoisotopic (exact) mass is 524 g/mol. The largest absolute Gasteiger partial charge is 0.338 e. The van der Waals surface area contributed by atoms with Gasteiger partial charge in [-0.2, -0.15) is 0 Å². The Labute approximate surface area is 183 Å². The Hall–Kier alpha value is -1.02. The minimum absolute atomic E-state index is 0.140. The molecule has 2 aromatic heterocycles. The zero-order valence-corrected chi connectivity index (χ0v) is 19.5. The second kappa shape index (κ2) is 8.15. The number of hydrogen-bond donors (Lipinski definition) is 0. The molecule has 3 heterocycles. The summed E-state index contributed by atoms with van der Waals surface area (Å²) >= 11 is 10.3. The Bertz CT molecular complexity index is 957. The quantitative estimate of drug-likeness (QED) is 0.380. The van der Waals surface area contributed by atoms with Crippen molar-refractivity contribution in [3.8, 4) is 11.3 Å². The van der Waals surface area contributed by atoms with E-state index < -0.39 is 0 Å². The maximum atomic E-state index is 12.7. The fourth-order valence-electron chi connectivity index (χ4n) is 3.39. The first kappa shape index (κ1) is 19.3. The van der Waals surface area contributed by atoms with E-state index in [1.807, 2.05) is 16.3 Å². The first-order valence-electron chi connectivity index (χ1n) is 8.78. The minimum Gasteiger partial charge on any atom is -0.338 e. The van der Waals surface area contributed by atoms with Gasteiger partial charge in [0.15, 0.2) is 0 Å². The fourth-order valence-corrected chi connectivity index (χ4v) is 6.27. The van der Waals surface area contributed by atoms with Gasteiger partial charge in [-0.05, 0) is 59.3 Å². The lowest BCUT2D eigenvalue weighted by Crippen LogP contribution is -2.37. The van der Waals surface area contributed by atoms with E-state index in [1.165, 1.54) is 21.2 Å². The summed E-state index contributed by atoms with van der Waals surface area (Å²) in [6.07, 6.45) is 1.95. The van der Waals surface area contributed by atoms with Crippen LogP contribution >= 0.6 is 54.5 Å².